The molecule has 2 aromatic rings. The average Bonchev–Trinajstić information content (AvgIpc) is 2.97. The molecule has 0 atom stereocenters. The Balaban J connectivity index is 2.24. The van der Waals surface area contributed by atoms with Crippen LogP contribution >= 0.6 is 0 Å². The third-order valence-electron chi connectivity index (χ3n) is 3.87. The number of aromatic nitrogens is 2. The summed E-state index contributed by atoms with van der Waals surface area (Å²) in [6.07, 6.45) is 2.90. The largest absolute Gasteiger partial charge is 0.307 e. The number of carbonyl (C=O) groups is 1. The van der Waals surface area contributed by atoms with Crippen molar-refractivity contribution in [3.8, 4) is 0 Å². The fourth-order valence-corrected chi connectivity index (χ4v) is 2.43. The summed E-state index contributed by atoms with van der Waals surface area (Å²) in [6.45, 7) is 12.2. The fourth-order valence-electron chi connectivity index (χ4n) is 2.43. The molecule has 0 unspecified atom stereocenters. The first kappa shape index (κ1) is 20.4. The van der Waals surface area contributed by atoms with E-state index in [1.54, 1.807) is 22.9 Å². The van der Waals surface area contributed by atoms with Gasteiger partial charge in [-0.1, -0.05) is 32.9 Å². The molecule has 27 heavy (non-hydrogen) atoms. The molecule has 144 valence electrons. The summed E-state index contributed by atoms with van der Waals surface area (Å²) in [5.41, 5.74) is 1.01. The highest BCUT2D eigenvalue weighted by molar-refractivity contribution is 6.01. The van der Waals surface area contributed by atoms with Gasteiger partial charge in [-0.05, 0) is 32.4 Å². The van der Waals surface area contributed by atoms with Crippen LogP contribution in [0.4, 0.5) is 11.5 Å². The predicted molar refractivity (Wildman–Crippen MR) is 107 cm³/mol. The molecule has 1 amide bonds. The van der Waals surface area contributed by atoms with Crippen LogP contribution in [-0.4, -0.2) is 20.6 Å². The van der Waals surface area contributed by atoms with Crippen molar-refractivity contribution in [1.82, 2.24) is 9.78 Å². The van der Waals surface area contributed by atoms with Gasteiger partial charge < -0.3 is 5.32 Å². The van der Waals surface area contributed by atoms with E-state index in [-0.39, 0.29) is 22.5 Å². The molecule has 0 saturated carbocycles. The van der Waals surface area contributed by atoms with E-state index in [4.69, 9.17) is 0 Å². The number of hydrogen-bond acceptors (Lipinski definition) is 4. The maximum absolute atomic E-state index is 12.4. The average molecular weight is 370 g/mol. The molecule has 0 aliphatic rings. The molecular weight excluding hydrogens is 344 g/mol. The third-order valence-corrected chi connectivity index (χ3v) is 3.87. The second-order valence-electron chi connectivity index (χ2n) is 8.42. The summed E-state index contributed by atoms with van der Waals surface area (Å²) < 4.78 is 1.80. The lowest BCUT2D eigenvalue weighted by Gasteiger charge is -2.22. The molecule has 0 aliphatic carbocycles. The molecule has 1 heterocycles. The molecule has 1 N–H and O–H groups in total. The van der Waals surface area contributed by atoms with Gasteiger partial charge in [0.05, 0.1) is 16.2 Å². The number of anilines is 1. The zero-order valence-electron chi connectivity index (χ0n) is 16.6. The zero-order valence-corrected chi connectivity index (χ0v) is 16.6. The van der Waals surface area contributed by atoms with Gasteiger partial charge in [0.1, 0.15) is 5.82 Å². The van der Waals surface area contributed by atoms with Gasteiger partial charge in [0.2, 0.25) is 5.91 Å². The van der Waals surface area contributed by atoms with Crippen molar-refractivity contribution in [1.29, 1.82) is 0 Å². The molecule has 1 aromatic heterocycles. The smallest absolute Gasteiger partial charge is 0.270 e. The van der Waals surface area contributed by atoms with Crippen LogP contribution in [0.25, 0.3) is 6.08 Å². The van der Waals surface area contributed by atoms with Crippen LogP contribution in [-0.2, 0) is 15.7 Å². The van der Waals surface area contributed by atoms with Crippen LogP contribution in [0.5, 0.6) is 0 Å². The first-order chi connectivity index (χ1) is 12.4. The highest BCUT2D eigenvalue weighted by Gasteiger charge is 2.25. The summed E-state index contributed by atoms with van der Waals surface area (Å²) in [5.74, 6) is 0.286. The van der Waals surface area contributed by atoms with Crippen molar-refractivity contribution in [2.24, 2.45) is 0 Å². The highest BCUT2D eigenvalue weighted by atomic mass is 16.6. The van der Waals surface area contributed by atoms with E-state index in [0.29, 0.717) is 11.4 Å². The van der Waals surface area contributed by atoms with Crippen LogP contribution in [0.15, 0.2) is 36.4 Å². The molecule has 0 radical (unpaired) electrons. The summed E-state index contributed by atoms with van der Waals surface area (Å²) in [7, 11) is 0. The summed E-state index contributed by atoms with van der Waals surface area (Å²) >= 11 is 0. The Morgan fingerprint density at radius 3 is 2.41 bits per heavy atom. The van der Waals surface area contributed by atoms with Crippen LogP contribution in [0, 0.1) is 10.1 Å². The maximum Gasteiger partial charge on any atom is 0.270 e. The Morgan fingerprint density at radius 2 is 1.85 bits per heavy atom. The van der Waals surface area contributed by atoms with Crippen LogP contribution in [0.2, 0.25) is 0 Å². The number of carbonyl (C=O) groups excluding carboxylic acids is 1. The molecule has 7 heteroatoms. The highest BCUT2D eigenvalue weighted by Crippen LogP contribution is 2.28. The summed E-state index contributed by atoms with van der Waals surface area (Å²) in [5, 5.41) is 18.4. The summed E-state index contributed by atoms with van der Waals surface area (Å²) in [6, 6.07) is 7.99. The quantitative estimate of drug-likeness (QED) is 0.487. The van der Waals surface area contributed by atoms with E-state index in [1.165, 1.54) is 18.2 Å². The molecule has 0 saturated heterocycles. The number of nitro benzene ring substituents is 1. The van der Waals surface area contributed by atoms with E-state index in [0.717, 1.165) is 5.69 Å². The minimum Gasteiger partial charge on any atom is -0.307 e. The lowest BCUT2D eigenvalue weighted by atomic mass is 9.92. The molecule has 0 spiro atoms. The number of nitrogens with one attached hydrogen (secondary N) is 1. The van der Waals surface area contributed by atoms with Crippen molar-refractivity contribution in [3.05, 3.63) is 57.8 Å². The van der Waals surface area contributed by atoms with E-state index in [9.17, 15) is 14.9 Å². The number of rotatable bonds is 4. The van der Waals surface area contributed by atoms with Crippen LogP contribution in [0.3, 0.4) is 0 Å². The Hall–Kier alpha value is -2.96. The number of amides is 1. The van der Waals surface area contributed by atoms with Crippen molar-refractivity contribution < 1.29 is 9.72 Å². The number of benzene rings is 1. The van der Waals surface area contributed by atoms with Gasteiger partial charge in [0.25, 0.3) is 5.69 Å². The molecule has 0 aliphatic heterocycles. The van der Waals surface area contributed by atoms with Crippen molar-refractivity contribution in [2.45, 2.75) is 52.5 Å². The Bertz CT molecular complexity index is 883. The van der Waals surface area contributed by atoms with Gasteiger partial charge in [-0.15, -0.1) is 0 Å². The van der Waals surface area contributed by atoms with E-state index in [1.807, 2.05) is 26.8 Å². The Morgan fingerprint density at radius 1 is 1.19 bits per heavy atom. The van der Waals surface area contributed by atoms with Gasteiger partial charge in [0.15, 0.2) is 0 Å². The van der Waals surface area contributed by atoms with Crippen molar-refractivity contribution >= 4 is 23.5 Å². The molecule has 1 aromatic carbocycles. The van der Waals surface area contributed by atoms with Crippen molar-refractivity contribution in [3.63, 3.8) is 0 Å². The Labute approximate surface area is 159 Å². The van der Waals surface area contributed by atoms with Gasteiger partial charge >= 0.3 is 0 Å². The lowest BCUT2D eigenvalue weighted by molar-refractivity contribution is -0.384. The van der Waals surface area contributed by atoms with Gasteiger partial charge in [-0.3, -0.25) is 14.9 Å². The SMILES string of the molecule is CC(C)(C)c1cc(NC(=O)/C=C/c2cccc([N+](=O)[O-])c2)n(C(C)(C)C)n1. The monoisotopic (exact) mass is 370 g/mol. The van der Waals surface area contributed by atoms with Gasteiger partial charge in [-0.2, -0.15) is 5.10 Å². The topological polar surface area (TPSA) is 90.1 Å². The first-order valence-electron chi connectivity index (χ1n) is 8.72. The molecule has 7 nitrogen and oxygen atoms in total. The molecule has 0 bridgehead atoms. The fraction of sp³-hybridized carbons (Fsp3) is 0.400. The zero-order chi connectivity index (χ0) is 20.4. The van der Waals surface area contributed by atoms with E-state index in [2.05, 4.69) is 31.2 Å². The van der Waals surface area contributed by atoms with Crippen LogP contribution < -0.4 is 5.32 Å². The first-order valence-corrected chi connectivity index (χ1v) is 8.72. The minimum absolute atomic E-state index is 0.0156. The number of nitro groups is 1. The standard InChI is InChI=1S/C20H26N4O3/c1-19(2,3)16-13-17(23(22-16)20(4,5)6)21-18(25)11-10-14-8-7-9-15(12-14)24(26)27/h7-13H,1-6H3,(H,21,25)/b11-10+. The van der Waals surface area contributed by atoms with Gasteiger partial charge in [0, 0.05) is 29.7 Å². The van der Waals surface area contributed by atoms with Crippen LogP contribution in [0.1, 0.15) is 52.8 Å². The maximum atomic E-state index is 12.4. The molecular formula is C20H26N4O3. The second kappa shape index (κ2) is 7.34. The van der Waals surface area contributed by atoms with Gasteiger partial charge in [-0.25, -0.2) is 4.68 Å². The second-order valence-corrected chi connectivity index (χ2v) is 8.42. The molecule has 0 fully saturated rings. The number of non-ortho nitro benzene ring substituents is 1. The normalized spacial score (nSPS) is 12.4. The molecule has 2 rings (SSSR count). The van der Waals surface area contributed by atoms with E-state index >= 15 is 0 Å². The van der Waals surface area contributed by atoms with E-state index < -0.39 is 4.92 Å². The number of hydrogen-bond donors (Lipinski definition) is 1. The Kier molecular flexibility index (Phi) is 5.54. The van der Waals surface area contributed by atoms with Crippen molar-refractivity contribution in [2.75, 3.05) is 5.32 Å². The third kappa shape index (κ3) is 5.26. The lowest BCUT2D eigenvalue weighted by Crippen LogP contribution is -2.27. The minimum atomic E-state index is -0.465. The summed E-state index contributed by atoms with van der Waals surface area (Å²) in [4.78, 5) is 22.7. The number of nitrogens with zero attached hydrogens (tertiary/aromatic N) is 3. The predicted octanol–water partition coefficient (Wildman–Crippen LogP) is 4.50.